The van der Waals surface area contributed by atoms with Gasteiger partial charge in [-0.15, -0.1) is 0 Å². The van der Waals surface area contributed by atoms with Crippen LogP contribution in [0, 0.1) is 5.82 Å². The molecule has 0 aliphatic carbocycles. The van der Waals surface area contributed by atoms with Crippen molar-refractivity contribution in [3.63, 3.8) is 0 Å². The van der Waals surface area contributed by atoms with Crippen molar-refractivity contribution in [2.75, 3.05) is 11.1 Å². The number of nitrogens with one attached hydrogen (secondary N) is 1. The van der Waals surface area contributed by atoms with Crippen LogP contribution in [0.3, 0.4) is 0 Å². The van der Waals surface area contributed by atoms with E-state index in [4.69, 9.17) is 17.3 Å². The molecule has 0 saturated carbocycles. The molecule has 1 amide bonds. The number of carbonyl (C=O) groups is 1. The minimum absolute atomic E-state index is 0.0814. The lowest BCUT2D eigenvalue weighted by molar-refractivity contribution is 0.102. The van der Waals surface area contributed by atoms with Crippen molar-refractivity contribution in [1.29, 1.82) is 0 Å². The molecule has 0 radical (unpaired) electrons. The minimum Gasteiger partial charge on any atom is -0.397 e. The van der Waals surface area contributed by atoms with E-state index in [0.29, 0.717) is 0 Å². The van der Waals surface area contributed by atoms with Crippen LogP contribution in [0.25, 0.3) is 0 Å². The van der Waals surface area contributed by atoms with Crippen LogP contribution in [0.15, 0.2) is 36.5 Å². The molecule has 0 saturated heterocycles. The Labute approximate surface area is 108 Å². The lowest BCUT2D eigenvalue weighted by Crippen LogP contribution is -2.15. The van der Waals surface area contributed by atoms with E-state index in [1.807, 2.05) is 0 Å². The quantitative estimate of drug-likeness (QED) is 0.877. The van der Waals surface area contributed by atoms with Gasteiger partial charge in [0.2, 0.25) is 0 Å². The number of nitrogens with two attached hydrogens (primary N) is 1. The summed E-state index contributed by atoms with van der Waals surface area (Å²) in [5, 5.41) is 2.67. The maximum absolute atomic E-state index is 13.1. The van der Waals surface area contributed by atoms with E-state index in [2.05, 4.69) is 10.3 Å². The predicted octanol–water partition coefficient (Wildman–Crippen LogP) is 2.71. The summed E-state index contributed by atoms with van der Waals surface area (Å²) in [6.45, 7) is 0. The summed E-state index contributed by atoms with van der Waals surface area (Å²) in [5.74, 6) is -1.05. The van der Waals surface area contributed by atoms with Gasteiger partial charge in [-0.05, 0) is 30.3 Å². The Kier molecular flexibility index (Phi) is 3.43. The molecule has 0 atom stereocenters. The number of nitrogens with zero attached hydrogens (tertiary/aromatic N) is 1. The predicted molar refractivity (Wildman–Crippen MR) is 68.0 cm³/mol. The van der Waals surface area contributed by atoms with Gasteiger partial charge in [-0.1, -0.05) is 11.6 Å². The lowest BCUT2D eigenvalue weighted by atomic mass is 10.2. The molecule has 3 N–H and O–H groups in total. The summed E-state index contributed by atoms with van der Waals surface area (Å²) in [6.07, 6.45) is 1.45. The summed E-state index contributed by atoms with van der Waals surface area (Å²) >= 11 is 5.68. The van der Waals surface area contributed by atoms with E-state index in [9.17, 15) is 9.18 Å². The van der Waals surface area contributed by atoms with Crippen molar-refractivity contribution in [2.24, 2.45) is 0 Å². The lowest BCUT2D eigenvalue weighted by Gasteiger charge is -2.07. The van der Waals surface area contributed by atoms with Gasteiger partial charge >= 0.3 is 0 Å². The van der Waals surface area contributed by atoms with Gasteiger partial charge in [0.25, 0.3) is 5.91 Å². The van der Waals surface area contributed by atoms with Crippen molar-refractivity contribution in [1.82, 2.24) is 4.98 Å². The Balaban J connectivity index is 2.24. The second kappa shape index (κ2) is 5.01. The number of benzene rings is 1. The molecule has 1 aromatic heterocycles. The maximum atomic E-state index is 13.1. The zero-order chi connectivity index (χ0) is 13.1. The smallest absolute Gasteiger partial charge is 0.276 e. The number of anilines is 2. The monoisotopic (exact) mass is 265 g/mol. The van der Waals surface area contributed by atoms with E-state index in [0.717, 1.165) is 12.1 Å². The molecule has 18 heavy (non-hydrogen) atoms. The van der Waals surface area contributed by atoms with Crippen LogP contribution in [0.4, 0.5) is 15.8 Å². The van der Waals surface area contributed by atoms with Gasteiger partial charge in [-0.2, -0.15) is 0 Å². The molecule has 0 fully saturated rings. The summed E-state index contributed by atoms with van der Waals surface area (Å²) in [5.41, 5.74) is 6.19. The Bertz CT molecular complexity index is 583. The van der Waals surface area contributed by atoms with Crippen LogP contribution >= 0.6 is 11.6 Å². The van der Waals surface area contributed by atoms with Crippen molar-refractivity contribution in [3.05, 3.63) is 53.1 Å². The Hall–Kier alpha value is -2.14. The zero-order valence-corrected chi connectivity index (χ0v) is 9.91. The topological polar surface area (TPSA) is 68.0 Å². The largest absolute Gasteiger partial charge is 0.397 e. The van der Waals surface area contributed by atoms with Gasteiger partial charge in [-0.3, -0.25) is 4.79 Å². The second-order valence-electron chi connectivity index (χ2n) is 3.55. The van der Waals surface area contributed by atoms with Crippen LogP contribution in [0.2, 0.25) is 5.02 Å². The Morgan fingerprint density at radius 3 is 2.83 bits per heavy atom. The Morgan fingerprint density at radius 1 is 1.39 bits per heavy atom. The Morgan fingerprint density at radius 2 is 2.17 bits per heavy atom. The normalized spacial score (nSPS) is 10.1. The first-order chi connectivity index (χ1) is 8.56. The van der Waals surface area contributed by atoms with E-state index < -0.39 is 11.7 Å². The maximum Gasteiger partial charge on any atom is 0.276 e. The van der Waals surface area contributed by atoms with Crippen molar-refractivity contribution < 1.29 is 9.18 Å². The number of hydrogen-bond donors (Lipinski definition) is 2. The fraction of sp³-hybridized carbons (Fsp3) is 0. The minimum atomic E-state index is -0.535. The van der Waals surface area contributed by atoms with Gasteiger partial charge in [0.1, 0.15) is 5.82 Å². The molecule has 1 heterocycles. The first kappa shape index (κ1) is 12.3. The highest BCUT2D eigenvalue weighted by Gasteiger charge is 2.11. The van der Waals surface area contributed by atoms with Crippen LogP contribution in [-0.2, 0) is 0 Å². The third-order valence-electron chi connectivity index (χ3n) is 2.17. The van der Waals surface area contributed by atoms with Crippen LogP contribution in [0.5, 0.6) is 0 Å². The number of pyridine rings is 1. The third-order valence-corrected chi connectivity index (χ3v) is 2.39. The molecule has 0 spiro atoms. The first-order valence-corrected chi connectivity index (χ1v) is 5.42. The molecule has 0 bridgehead atoms. The molecule has 2 rings (SSSR count). The third kappa shape index (κ3) is 2.75. The van der Waals surface area contributed by atoms with E-state index in [-0.39, 0.29) is 22.1 Å². The zero-order valence-electron chi connectivity index (χ0n) is 9.15. The van der Waals surface area contributed by atoms with Crippen molar-refractivity contribution in [3.8, 4) is 0 Å². The summed E-state index contributed by atoms with van der Waals surface area (Å²) in [4.78, 5) is 15.7. The molecule has 6 heteroatoms. The fourth-order valence-electron chi connectivity index (χ4n) is 1.42. The molecule has 0 unspecified atom stereocenters. The highest BCUT2D eigenvalue weighted by Crippen LogP contribution is 2.19. The van der Waals surface area contributed by atoms with E-state index in [1.54, 1.807) is 12.1 Å². The molecule has 0 aliphatic heterocycles. The molecule has 92 valence electrons. The van der Waals surface area contributed by atoms with Gasteiger partial charge in [0.05, 0.1) is 5.69 Å². The molecular weight excluding hydrogens is 257 g/mol. The number of carbonyl (C=O) groups excluding carboxylic acids is 1. The second-order valence-corrected chi connectivity index (χ2v) is 3.99. The summed E-state index contributed by atoms with van der Waals surface area (Å²) in [7, 11) is 0. The van der Waals surface area contributed by atoms with Gasteiger partial charge in [-0.25, -0.2) is 9.37 Å². The molecule has 4 nitrogen and oxygen atoms in total. The summed E-state index contributed by atoms with van der Waals surface area (Å²) < 4.78 is 13.1. The van der Waals surface area contributed by atoms with Gasteiger partial charge in [0.15, 0.2) is 5.69 Å². The average molecular weight is 266 g/mol. The van der Waals surface area contributed by atoms with Crippen LogP contribution in [-0.4, -0.2) is 10.9 Å². The van der Waals surface area contributed by atoms with Gasteiger partial charge in [0, 0.05) is 16.9 Å². The van der Waals surface area contributed by atoms with Crippen molar-refractivity contribution in [2.45, 2.75) is 0 Å². The van der Waals surface area contributed by atoms with Gasteiger partial charge < -0.3 is 11.1 Å². The molecule has 0 aliphatic rings. The fourth-order valence-corrected chi connectivity index (χ4v) is 1.65. The number of nitrogen functional groups attached to an aromatic ring is 1. The number of halogens is 2. The number of aromatic nitrogens is 1. The summed E-state index contributed by atoms with van der Waals surface area (Å²) in [6, 6.07) is 6.91. The number of amides is 1. The SMILES string of the molecule is Nc1cccnc1C(=O)Nc1cc(F)cc(Cl)c1. The van der Waals surface area contributed by atoms with Crippen LogP contribution in [0.1, 0.15) is 10.5 Å². The van der Waals surface area contributed by atoms with Crippen LogP contribution < -0.4 is 11.1 Å². The van der Waals surface area contributed by atoms with E-state index >= 15 is 0 Å². The number of rotatable bonds is 2. The highest BCUT2D eigenvalue weighted by atomic mass is 35.5. The highest BCUT2D eigenvalue weighted by molar-refractivity contribution is 6.31. The first-order valence-electron chi connectivity index (χ1n) is 5.04. The average Bonchev–Trinajstić information content (AvgIpc) is 2.27. The standard InChI is InChI=1S/C12H9ClFN3O/c13-7-4-8(14)6-9(5-7)17-12(18)11-10(15)2-1-3-16-11/h1-6H,15H2,(H,17,18). The van der Waals surface area contributed by atoms with Crippen molar-refractivity contribution >= 4 is 28.9 Å². The molecule has 2 aromatic rings. The molecule has 1 aromatic carbocycles. The molecular formula is C12H9ClFN3O. The number of hydrogen-bond acceptors (Lipinski definition) is 3. The van der Waals surface area contributed by atoms with E-state index in [1.165, 1.54) is 12.3 Å².